The highest BCUT2D eigenvalue weighted by atomic mass is 16.5. The lowest BCUT2D eigenvalue weighted by Gasteiger charge is -2.29. The maximum absolute atomic E-state index is 12.0. The van der Waals surface area contributed by atoms with Gasteiger partial charge in [0.2, 0.25) is 5.91 Å². The van der Waals surface area contributed by atoms with Gasteiger partial charge in [0.05, 0.1) is 7.11 Å². The van der Waals surface area contributed by atoms with Gasteiger partial charge < -0.3 is 9.64 Å². The number of fused-ring (bicyclic) bond motifs is 1. The molecule has 1 aliphatic heterocycles. The molecule has 3 nitrogen and oxygen atoms in total. The molecule has 0 atom stereocenters. The summed E-state index contributed by atoms with van der Waals surface area (Å²) in [6, 6.07) is 6.15. The van der Waals surface area contributed by atoms with Crippen LogP contribution in [0.4, 0.5) is 0 Å². The van der Waals surface area contributed by atoms with Crippen LogP contribution in [0.1, 0.15) is 24.0 Å². The molecule has 1 amide bonds. The van der Waals surface area contributed by atoms with E-state index in [1.807, 2.05) is 11.0 Å². The molecule has 90 valence electrons. The van der Waals surface area contributed by atoms with E-state index in [1.165, 1.54) is 11.1 Å². The Morgan fingerprint density at radius 2 is 2.18 bits per heavy atom. The van der Waals surface area contributed by atoms with E-state index in [0.717, 1.165) is 38.1 Å². The van der Waals surface area contributed by atoms with Gasteiger partial charge in [-0.2, -0.15) is 0 Å². The number of carbonyl (C=O) groups excluding carboxylic acids is 1. The van der Waals surface area contributed by atoms with Gasteiger partial charge in [-0.1, -0.05) is 6.07 Å². The zero-order valence-electron chi connectivity index (χ0n) is 10.1. The Balaban J connectivity index is 1.78. The van der Waals surface area contributed by atoms with Gasteiger partial charge in [0, 0.05) is 19.0 Å². The third-order valence-corrected chi connectivity index (χ3v) is 3.66. The predicted molar refractivity (Wildman–Crippen MR) is 64.8 cm³/mol. The summed E-state index contributed by atoms with van der Waals surface area (Å²) in [4.78, 5) is 14.0. The first-order valence-electron chi connectivity index (χ1n) is 6.22. The van der Waals surface area contributed by atoms with E-state index in [2.05, 4.69) is 12.1 Å². The predicted octanol–water partition coefficient (Wildman–Crippen LogP) is 1.99. The SMILES string of the molecule is COc1ccc2c(c1)CCN(C(=O)C1CC1)C2. The highest BCUT2D eigenvalue weighted by Crippen LogP contribution is 2.33. The Kier molecular flexibility index (Phi) is 2.54. The van der Waals surface area contributed by atoms with Gasteiger partial charge in [0.15, 0.2) is 0 Å². The van der Waals surface area contributed by atoms with Gasteiger partial charge in [0.25, 0.3) is 0 Å². The largest absolute Gasteiger partial charge is 0.497 e. The van der Waals surface area contributed by atoms with Crippen LogP contribution in [0.5, 0.6) is 5.75 Å². The molecule has 0 saturated heterocycles. The number of ether oxygens (including phenoxy) is 1. The molecule has 3 heteroatoms. The Morgan fingerprint density at radius 3 is 2.88 bits per heavy atom. The van der Waals surface area contributed by atoms with Crippen LogP contribution in [0.15, 0.2) is 18.2 Å². The van der Waals surface area contributed by atoms with Crippen molar-refractivity contribution in [2.75, 3.05) is 13.7 Å². The van der Waals surface area contributed by atoms with Gasteiger partial charge >= 0.3 is 0 Å². The van der Waals surface area contributed by atoms with Crippen molar-refractivity contribution in [2.45, 2.75) is 25.8 Å². The third-order valence-electron chi connectivity index (χ3n) is 3.66. The number of benzene rings is 1. The highest BCUT2D eigenvalue weighted by molar-refractivity contribution is 5.81. The van der Waals surface area contributed by atoms with E-state index in [0.29, 0.717) is 11.8 Å². The number of amides is 1. The lowest BCUT2D eigenvalue weighted by atomic mass is 9.99. The van der Waals surface area contributed by atoms with Crippen molar-refractivity contribution in [1.82, 2.24) is 4.90 Å². The molecule has 2 aliphatic rings. The molecule has 17 heavy (non-hydrogen) atoms. The number of hydrogen-bond donors (Lipinski definition) is 0. The van der Waals surface area contributed by atoms with Gasteiger partial charge in [-0.3, -0.25) is 4.79 Å². The summed E-state index contributed by atoms with van der Waals surface area (Å²) in [7, 11) is 1.69. The quantitative estimate of drug-likeness (QED) is 0.779. The molecule has 1 heterocycles. The van der Waals surface area contributed by atoms with Crippen LogP contribution in [0.2, 0.25) is 0 Å². The zero-order chi connectivity index (χ0) is 11.8. The second-order valence-electron chi connectivity index (χ2n) is 4.92. The summed E-state index contributed by atoms with van der Waals surface area (Å²) >= 11 is 0. The molecule has 1 aromatic rings. The summed E-state index contributed by atoms with van der Waals surface area (Å²) in [5, 5.41) is 0. The molecular weight excluding hydrogens is 214 g/mol. The van der Waals surface area contributed by atoms with Crippen LogP contribution in [0, 0.1) is 5.92 Å². The molecule has 3 rings (SSSR count). The Labute approximate surface area is 101 Å². The number of nitrogens with zero attached hydrogens (tertiary/aromatic N) is 1. The maximum atomic E-state index is 12.0. The minimum absolute atomic E-state index is 0.329. The summed E-state index contributed by atoms with van der Waals surface area (Å²) in [5.74, 6) is 1.59. The maximum Gasteiger partial charge on any atom is 0.225 e. The normalized spacial score (nSPS) is 18.8. The van der Waals surface area contributed by atoms with E-state index < -0.39 is 0 Å². The number of methoxy groups -OCH3 is 1. The van der Waals surface area contributed by atoms with Gasteiger partial charge in [-0.05, 0) is 42.5 Å². The second-order valence-corrected chi connectivity index (χ2v) is 4.92. The van der Waals surface area contributed by atoms with Crippen molar-refractivity contribution in [1.29, 1.82) is 0 Å². The van der Waals surface area contributed by atoms with Crippen LogP contribution in [-0.4, -0.2) is 24.5 Å². The van der Waals surface area contributed by atoms with Crippen LogP contribution in [-0.2, 0) is 17.8 Å². The fourth-order valence-corrected chi connectivity index (χ4v) is 2.43. The third kappa shape index (κ3) is 2.02. The molecule has 0 spiro atoms. The minimum atomic E-state index is 0.329. The fourth-order valence-electron chi connectivity index (χ4n) is 2.43. The fraction of sp³-hybridized carbons (Fsp3) is 0.500. The van der Waals surface area contributed by atoms with Crippen molar-refractivity contribution in [3.63, 3.8) is 0 Å². The number of carbonyl (C=O) groups is 1. The molecular formula is C14H17NO2. The van der Waals surface area contributed by atoms with Gasteiger partial charge in [-0.15, -0.1) is 0 Å². The molecule has 0 aromatic heterocycles. The topological polar surface area (TPSA) is 29.5 Å². The minimum Gasteiger partial charge on any atom is -0.497 e. The standard InChI is InChI=1S/C14H17NO2/c1-17-13-5-4-12-9-15(7-6-11(12)8-13)14(16)10-2-3-10/h4-5,8,10H,2-3,6-7,9H2,1H3. The molecule has 0 N–H and O–H groups in total. The Hall–Kier alpha value is -1.51. The first-order chi connectivity index (χ1) is 8.28. The van der Waals surface area contributed by atoms with E-state index in [-0.39, 0.29) is 0 Å². The molecule has 0 radical (unpaired) electrons. The van der Waals surface area contributed by atoms with Gasteiger partial charge in [0.1, 0.15) is 5.75 Å². The first-order valence-corrected chi connectivity index (χ1v) is 6.22. The van der Waals surface area contributed by atoms with Crippen molar-refractivity contribution in [3.8, 4) is 5.75 Å². The first kappa shape index (κ1) is 10.6. The lowest BCUT2D eigenvalue weighted by Crippen LogP contribution is -2.36. The van der Waals surface area contributed by atoms with Crippen LogP contribution < -0.4 is 4.74 Å². The average Bonchev–Trinajstić information content (AvgIpc) is 3.21. The summed E-state index contributed by atoms with van der Waals surface area (Å²) in [5.41, 5.74) is 2.59. The molecule has 1 aromatic carbocycles. The number of hydrogen-bond acceptors (Lipinski definition) is 2. The van der Waals surface area contributed by atoms with E-state index in [4.69, 9.17) is 4.74 Å². The number of rotatable bonds is 2. The summed E-state index contributed by atoms with van der Waals surface area (Å²) in [6.45, 7) is 1.63. The van der Waals surface area contributed by atoms with Gasteiger partial charge in [-0.25, -0.2) is 0 Å². The second kappa shape index (κ2) is 4.06. The molecule has 1 fully saturated rings. The van der Waals surface area contributed by atoms with Crippen LogP contribution in [0.25, 0.3) is 0 Å². The average molecular weight is 231 g/mol. The summed E-state index contributed by atoms with van der Waals surface area (Å²) < 4.78 is 5.22. The monoisotopic (exact) mass is 231 g/mol. The van der Waals surface area contributed by atoms with Crippen molar-refractivity contribution in [3.05, 3.63) is 29.3 Å². The molecule has 0 bridgehead atoms. The lowest BCUT2D eigenvalue weighted by molar-refractivity contribution is -0.133. The van der Waals surface area contributed by atoms with Crippen LogP contribution >= 0.6 is 0 Å². The van der Waals surface area contributed by atoms with E-state index in [1.54, 1.807) is 7.11 Å². The van der Waals surface area contributed by atoms with Crippen molar-refractivity contribution < 1.29 is 9.53 Å². The Morgan fingerprint density at radius 1 is 1.35 bits per heavy atom. The van der Waals surface area contributed by atoms with Crippen molar-refractivity contribution in [2.24, 2.45) is 5.92 Å². The van der Waals surface area contributed by atoms with Crippen LogP contribution in [0.3, 0.4) is 0 Å². The smallest absolute Gasteiger partial charge is 0.225 e. The molecule has 1 aliphatic carbocycles. The van der Waals surface area contributed by atoms with E-state index in [9.17, 15) is 4.79 Å². The highest BCUT2D eigenvalue weighted by Gasteiger charge is 2.34. The molecule has 0 unspecified atom stereocenters. The van der Waals surface area contributed by atoms with E-state index >= 15 is 0 Å². The van der Waals surface area contributed by atoms with Crippen molar-refractivity contribution >= 4 is 5.91 Å². The zero-order valence-corrected chi connectivity index (χ0v) is 10.1. The Bertz CT molecular complexity index is 452. The molecule has 1 saturated carbocycles. The summed E-state index contributed by atoms with van der Waals surface area (Å²) in [6.07, 6.45) is 3.13.